The molecule has 0 aliphatic heterocycles. The van der Waals surface area contributed by atoms with Crippen LogP contribution < -0.4 is 0 Å². The number of methoxy groups -OCH3 is 1. The van der Waals surface area contributed by atoms with Crippen LogP contribution in [-0.4, -0.2) is 25.0 Å². The molecule has 0 heterocycles. The second-order valence-electron chi connectivity index (χ2n) is 8.12. The molecule has 0 saturated heterocycles. The van der Waals surface area contributed by atoms with Crippen LogP contribution in [0.1, 0.15) is 67.4 Å². The SMILES string of the molecule is CCCCCC(CC)OC(=O)C(=Cc1ccccc1)OC.O=C(c1ccccc1)c1ccccc1. The summed E-state index contributed by atoms with van der Waals surface area (Å²) in [7, 11) is 1.49. The standard InChI is InChI=1S/C18H26O3.C13H10O/c1-4-6-8-13-16(5-2)21-18(19)17(20-3)14-15-11-9-7-10-12-15;14-13(11-7-3-1-4-8-11)12-9-5-2-6-10-12/h7,9-12,14,16H,4-6,8,13H2,1-3H3;1-10H. The molecule has 0 N–H and O–H groups in total. The average molecular weight is 473 g/mol. The third-order valence-electron chi connectivity index (χ3n) is 5.45. The van der Waals surface area contributed by atoms with Crippen LogP contribution in [0.15, 0.2) is 96.8 Å². The highest BCUT2D eigenvalue weighted by Crippen LogP contribution is 2.15. The fourth-order valence-corrected chi connectivity index (χ4v) is 3.43. The van der Waals surface area contributed by atoms with Gasteiger partial charge in [0.15, 0.2) is 5.78 Å². The highest BCUT2D eigenvalue weighted by Gasteiger charge is 2.17. The van der Waals surface area contributed by atoms with Gasteiger partial charge in [-0.2, -0.15) is 0 Å². The van der Waals surface area contributed by atoms with Crippen LogP contribution in [0.3, 0.4) is 0 Å². The summed E-state index contributed by atoms with van der Waals surface area (Å²) >= 11 is 0. The topological polar surface area (TPSA) is 52.6 Å². The van der Waals surface area contributed by atoms with Crippen molar-refractivity contribution >= 4 is 17.8 Å². The zero-order valence-electron chi connectivity index (χ0n) is 21.0. The maximum Gasteiger partial charge on any atom is 0.373 e. The third kappa shape index (κ3) is 10.0. The molecule has 4 nitrogen and oxygen atoms in total. The molecule has 0 spiro atoms. The van der Waals surface area contributed by atoms with E-state index < -0.39 is 0 Å². The third-order valence-corrected chi connectivity index (χ3v) is 5.45. The minimum absolute atomic E-state index is 0.0293. The van der Waals surface area contributed by atoms with E-state index in [9.17, 15) is 9.59 Å². The molecular formula is C31H36O4. The van der Waals surface area contributed by atoms with Crippen LogP contribution >= 0.6 is 0 Å². The highest BCUT2D eigenvalue weighted by atomic mass is 16.6. The zero-order valence-corrected chi connectivity index (χ0v) is 21.0. The molecule has 3 rings (SSSR count). The summed E-state index contributed by atoms with van der Waals surface area (Å²) in [6.07, 6.45) is 6.86. The average Bonchev–Trinajstić information content (AvgIpc) is 2.92. The molecule has 0 bridgehead atoms. The zero-order chi connectivity index (χ0) is 25.3. The van der Waals surface area contributed by atoms with Crippen LogP contribution in [0.25, 0.3) is 6.08 Å². The Hall–Kier alpha value is -3.66. The number of esters is 1. The Morgan fingerprint density at radius 1 is 0.771 bits per heavy atom. The van der Waals surface area contributed by atoms with Gasteiger partial charge in [0.25, 0.3) is 0 Å². The van der Waals surface area contributed by atoms with E-state index in [1.807, 2.05) is 97.9 Å². The van der Waals surface area contributed by atoms with Crippen molar-refractivity contribution in [2.45, 2.75) is 52.1 Å². The van der Waals surface area contributed by atoms with Crippen molar-refractivity contribution in [1.29, 1.82) is 0 Å². The molecule has 1 unspecified atom stereocenters. The molecule has 3 aromatic rings. The highest BCUT2D eigenvalue weighted by molar-refractivity contribution is 6.08. The molecular weight excluding hydrogens is 436 g/mol. The molecule has 0 fully saturated rings. The predicted molar refractivity (Wildman–Crippen MR) is 142 cm³/mol. The van der Waals surface area contributed by atoms with Gasteiger partial charge in [-0.15, -0.1) is 0 Å². The molecule has 0 amide bonds. The Labute approximate surface area is 209 Å². The maximum absolute atomic E-state index is 12.2. The number of hydrogen-bond donors (Lipinski definition) is 0. The number of ether oxygens (including phenoxy) is 2. The van der Waals surface area contributed by atoms with E-state index in [2.05, 4.69) is 6.92 Å². The van der Waals surface area contributed by atoms with Gasteiger partial charge in [-0.25, -0.2) is 4.79 Å². The largest absolute Gasteiger partial charge is 0.490 e. The van der Waals surface area contributed by atoms with Crippen molar-refractivity contribution in [3.63, 3.8) is 0 Å². The summed E-state index contributed by atoms with van der Waals surface area (Å²) < 4.78 is 10.7. The fourth-order valence-electron chi connectivity index (χ4n) is 3.43. The van der Waals surface area contributed by atoms with Gasteiger partial charge in [0.2, 0.25) is 5.76 Å². The lowest BCUT2D eigenvalue weighted by Crippen LogP contribution is -2.19. The number of ketones is 1. The lowest BCUT2D eigenvalue weighted by atomic mass is 10.0. The minimum Gasteiger partial charge on any atom is -0.490 e. The second kappa shape index (κ2) is 16.0. The first-order valence-corrected chi connectivity index (χ1v) is 12.3. The van der Waals surface area contributed by atoms with Gasteiger partial charge in [-0.1, -0.05) is 118 Å². The molecule has 184 valence electrons. The van der Waals surface area contributed by atoms with E-state index in [1.165, 1.54) is 20.0 Å². The normalized spacial score (nSPS) is 11.6. The molecule has 1 atom stereocenters. The number of unbranched alkanes of at least 4 members (excludes halogenated alkanes) is 2. The van der Waals surface area contributed by atoms with Crippen LogP contribution in [-0.2, 0) is 14.3 Å². The number of hydrogen-bond acceptors (Lipinski definition) is 4. The van der Waals surface area contributed by atoms with Crippen molar-refractivity contribution in [3.05, 3.63) is 113 Å². The summed E-state index contributed by atoms with van der Waals surface area (Å²) in [6.45, 7) is 4.20. The van der Waals surface area contributed by atoms with E-state index in [4.69, 9.17) is 9.47 Å². The first-order chi connectivity index (χ1) is 17.1. The van der Waals surface area contributed by atoms with E-state index in [-0.39, 0.29) is 23.6 Å². The molecule has 4 heteroatoms. The van der Waals surface area contributed by atoms with Crippen molar-refractivity contribution in [2.24, 2.45) is 0 Å². The summed E-state index contributed by atoms with van der Waals surface area (Å²) in [5, 5.41) is 0. The first kappa shape index (κ1) is 27.6. The monoisotopic (exact) mass is 472 g/mol. The van der Waals surface area contributed by atoms with Crippen LogP contribution in [0.2, 0.25) is 0 Å². The van der Waals surface area contributed by atoms with Crippen LogP contribution in [0, 0.1) is 0 Å². The van der Waals surface area contributed by atoms with Gasteiger partial charge in [0.05, 0.1) is 7.11 Å². The summed E-state index contributed by atoms with van der Waals surface area (Å²) in [5.74, 6) is -0.0638. The van der Waals surface area contributed by atoms with Gasteiger partial charge in [-0.05, 0) is 30.9 Å². The van der Waals surface area contributed by atoms with Gasteiger partial charge >= 0.3 is 5.97 Å². The second-order valence-corrected chi connectivity index (χ2v) is 8.12. The summed E-state index contributed by atoms with van der Waals surface area (Å²) in [5.41, 5.74) is 2.39. The van der Waals surface area contributed by atoms with Crippen LogP contribution in [0.5, 0.6) is 0 Å². The Balaban J connectivity index is 0.000000266. The fraction of sp³-hybridized carbons (Fsp3) is 0.290. The van der Waals surface area contributed by atoms with E-state index in [1.54, 1.807) is 6.08 Å². The molecule has 0 radical (unpaired) electrons. The van der Waals surface area contributed by atoms with E-state index in [0.29, 0.717) is 0 Å². The van der Waals surface area contributed by atoms with Crippen molar-refractivity contribution in [2.75, 3.05) is 7.11 Å². The lowest BCUT2D eigenvalue weighted by molar-refractivity contribution is -0.148. The Morgan fingerprint density at radius 3 is 1.74 bits per heavy atom. The quantitative estimate of drug-likeness (QED) is 0.0953. The number of carbonyl (C=O) groups excluding carboxylic acids is 2. The lowest BCUT2D eigenvalue weighted by Gasteiger charge is -2.16. The molecule has 0 aromatic heterocycles. The number of rotatable bonds is 11. The van der Waals surface area contributed by atoms with Gasteiger partial charge in [0.1, 0.15) is 6.10 Å². The molecule has 35 heavy (non-hydrogen) atoms. The van der Waals surface area contributed by atoms with Crippen molar-refractivity contribution in [1.82, 2.24) is 0 Å². The predicted octanol–water partition coefficient (Wildman–Crippen LogP) is 7.49. The molecule has 0 saturated carbocycles. The Bertz CT molecular complexity index is 986. The van der Waals surface area contributed by atoms with E-state index >= 15 is 0 Å². The van der Waals surface area contributed by atoms with Gasteiger partial charge in [-0.3, -0.25) is 4.79 Å². The number of carbonyl (C=O) groups is 2. The Morgan fingerprint density at radius 2 is 1.29 bits per heavy atom. The summed E-state index contributed by atoms with van der Waals surface area (Å²) in [4.78, 5) is 24.0. The van der Waals surface area contributed by atoms with Gasteiger partial charge in [0, 0.05) is 11.1 Å². The van der Waals surface area contributed by atoms with E-state index in [0.717, 1.165) is 36.0 Å². The van der Waals surface area contributed by atoms with Gasteiger partial charge < -0.3 is 9.47 Å². The van der Waals surface area contributed by atoms with Crippen molar-refractivity contribution < 1.29 is 19.1 Å². The number of benzene rings is 3. The molecule has 0 aliphatic rings. The Kier molecular flexibility index (Phi) is 12.6. The molecule has 3 aromatic carbocycles. The minimum atomic E-state index is -0.385. The van der Waals surface area contributed by atoms with Crippen LogP contribution in [0.4, 0.5) is 0 Å². The molecule has 0 aliphatic carbocycles. The smallest absolute Gasteiger partial charge is 0.373 e. The summed E-state index contributed by atoms with van der Waals surface area (Å²) in [6, 6.07) is 28.2. The first-order valence-electron chi connectivity index (χ1n) is 12.3. The van der Waals surface area contributed by atoms with Crippen molar-refractivity contribution in [3.8, 4) is 0 Å². The maximum atomic E-state index is 12.2.